The van der Waals surface area contributed by atoms with Crippen molar-refractivity contribution in [3.8, 4) is 22.6 Å². The first kappa shape index (κ1) is 24.4. The molecule has 0 fully saturated rings. The Labute approximate surface area is 203 Å². The third-order valence-electron chi connectivity index (χ3n) is 6.20. The zero-order valence-corrected chi connectivity index (χ0v) is 19.7. The van der Waals surface area contributed by atoms with Crippen LogP contribution in [0.1, 0.15) is 29.2 Å². The number of ether oxygens (including phenoxy) is 2. The molecule has 3 aromatic carbocycles. The van der Waals surface area contributed by atoms with E-state index in [1.54, 1.807) is 18.2 Å². The maximum atomic E-state index is 14.5. The second-order valence-electron chi connectivity index (χ2n) is 8.72. The van der Waals surface area contributed by atoms with Gasteiger partial charge < -0.3 is 19.7 Å². The van der Waals surface area contributed by atoms with E-state index in [9.17, 15) is 19.4 Å². The highest BCUT2D eigenvalue weighted by Crippen LogP contribution is 2.36. The first-order valence-corrected chi connectivity index (χ1v) is 11.4. The van der Waals surface area contributed by atoms with Crippen LogP contribution in [0.25, 0.3) is 23.3 Å². The number of carbonyl (C=O) groups is 1. The van der Waals surface area contributed by atoms with Gasteiger partial charge in [-0.15, -0.1) is 0 Å². The topological polar surface area (TPSA) is 88.0 Å². The summed E-state index contributed by atoms with van der Waals surface area (Å²) in [4.78, 5) is 11.4. The summed E-state index contributed by atoms with van der Waals surface area (Å²) in [6.07, 6.45) is 3.57. The van der Waals surface area contributed by atoms with Crippen molar-refractivity contribution in [3.05, 3.63) is 82.7 Å². The predicted molar refractivity (Wildman–Crippen MR) is 133 cm³/mol. The number of halogens is 1. The van der Waals surface area contributed by atoms with E-state index in [-0.39, 0.29) is 12.4 Å². The average molecular weight is 478 g/mol. The first-order valence-electron chi connectivity index (χ1n) is 11.4. The van der Waals surface area contributed by atoms with E-state index in [1.807, 2.05) is 49.4 Å². The maximum absolute atomic E-state index is 14.5. The molecular formula is C28H28FNO5. The summed E-state index contributed by atoms with van der Waals surface area (Å²) in [5.74, 6) is -0.0765. The zero-order valence-electron chi connectivity index (χ0n) is 19.7. The van der Waals surface area contributed by atoms with Gasteiger partial charge in [-0.2, -0.15) is 0 Å². The van der Waals surface area contributed by atoms with Gasteiger partial charge in [-0.25, -0.2) is 4.39 Å². The summed E-state index contributed by atoms with van der Waals surface area (Å²) in [6, 6.07) is 16.4. The minimum Gasteiger partial charge on any atom is -0.486 e. The van der Waals surface area contributed by atoms with Gasteiger partial charge >= 0.3 is 5.97 Å². The van der Waals surface area contributed by atoms with Crippen molar-refractivity contribution >= 4 is 18.1 Å². The molecule has 0 saturated heterocycles. The van der Waals surface area contributed by atoms with Crippen LogP contribution in [0.2, 0.25) is 0 Å². The molecule has 1 atom stereocenters. The van der Waals surface area contributed by atoms with Gasteiger partial charge in [0.25, 0.3) is 0 Å². The van der Waals surface area contributed by atoms with Gasteiger partial charge in [-0.05, 0) is 65.9 Å². The van der Waals surface area contributed by atoms with E-state index in [4.69, 9.17) is 9.47 Å². The number of rotatable bonds is 8. The van der Waals surface area contributed by atoms with Crippen LogP contribution in [-0.2, 0) is 11.3 Å². The quantitative estimate of drug-likeness (QED) is 0.409. The number of aliphatic carboxylic acids is 1. The molecular weight excluding hydrogens is 449 g/mol. The van der Waals surface area contributed by atoms with E-state index in [0.29, 0.717) is 24.3 Å². The molecule has 1 unspecified atom stereocenters. The lowest BCUT2D eigenvalue weighted by atomic mass is 9.95. The van der Waals surface area contributed by atoms with Crippen LogP contribution in [0.5, 0.6) is 11.5 Å². The second-order valence-corrected chi connectivity index (χ2v) is 8.72. The maximum Gasteiger partial charge on any atom is 0.326 e. The molecule has 0 saturated carbocycles. The Morgan fingerprint density at radius 2 is 1.80 bits per heavy atom. The molecule has 0 radical (unpaired) electrons. The normalized spacial score (nSPS) is 14.6. The van der Waals surface area contributed by atoms with Crippen LogP contribution in [0.3, 0.4) is 0 Å². The largest absolute Gasteiger partial charge is 0.486 e. The van der Waals surface area contributed by atoms with Crippen molar-refractivity contribution < 1.29 is 28.9 Å². The predicted octanol–water partition coefficient (Wildman–Crippen LogP) is 4.67. The van der Waals surface area contributed by atoms with Crippen molar-refractivity contribution in [3.63, 3.8) is 0 Å². The van der Waals surface area contributed by atoms with Gasteiger partial charge in [0.1, 0.15) is 24.6 Å². The molecule has 0 aliphatic carbocycles. The Morgan fingerprint density at radius 3 is 2.54 bits per heavy atom. The second kappa shape index (κ2) is 10.3. The number of aliphatic hydroxyl groups is 1. The van der Waals surface area contributed by atoms with Gasteiger partial charge in [0, 0.05) is 12.1 Å². The number of hydrogen-bond acceptors (Lipinski definition) is 5. The lowest BCUT2D eigenvalue weighted by Crippen LogP contribution is -2.52. The molecule has 0 spiro atoms. The number of fused-ring (bicyclic) bond motifs is 1. The van der Waals surface area contributed by atoms with Gasteiger partial charge in [-0.3, -0.25) is 10.1 Å². The van der Waals surface area contributed by atoms with Crippen LogP contribution in [0, 0.1) is 12.7 Å². The molecule has 4 rings (SSSR count). The molecule has 0 aromatic heterocycles. The fraction of sp³-hybridized carbons (Fsp3) is 0.250. The Morgan fingerprint density at radius 1 is 1.06 bits per heavy atom. The van der Waals surface area contributed by atoms with Crippen LogP contribution in [0.15, 0.2) is 54.6 Å². The summed E-state index contributed by atoms with van der Waals surface area (Å²) in [7, 11) is 0. The number of aliphatic hydroxyl groups excluding tert-OH is 1. The van der Waals surface area contributed by atoms with E-state index in [0.717, 1.165) is 33.8 Å². The number of hydrogen-bond donors (Lipinski definition) is 3. The molecule has 3 aromatic rings. The minimum absolute atomic E-state index is 0.170. The summed E-state index contributed by atoms with van der Waals surface area (Å²) < 4.78 is 25.8. The van der Waals surface area contributed by atoms with Gasteiger partial charge in [0.15, 0.2) is 11.5 Å². The van der Waals surface area contributed by atoms with Crippen LogP contribution >= 0.6 is 0 Å². The minimum atomic E-state index is -1.48. The summed E-state index contributed by atoms with van der Waals surface area (Å²) in [5, 5.41) is 21.5. The van der Waals surface area contributed by atoms with E-state index < -0.39 is 18.1 Å². The van der Waals surface area contributed by atoms with Crippen molar-refractivity contribution in [1.82, 2.24) is 5.32 Å². The van der Waals surface area contributed by atoms with Crippen LogP contribution < -0.4 is 14.8 Å². The Hall–Kier alpha value is -3.68. The standard InChI is InChI=1S/C28H28FNO5/c1-18-20(4-3-5-23(18)21-9-11-25-26(15-21)35-13-12-34-25)7-8-22-14-19(6-10-24(22)29)16-30-28(2,17-31)27(32)33/h3-11,14-15,30-31H,12-13,16-17H2,1-2H3,(H,32,33). The Balaban J connectivity index is 1.56. The summed E-state index contributed by atoms with van der Waals surface area (Å²) in [5.41, 5.74) is 3.64. The number of benzene rings is 3. The molecule has 1 heterocycles. The third kappa shape index (κ3) is 5.37. The Bertz CT molecular complexity index is 1270. The van der Waals surface area contributed by atoms with Gasteiger partial charge in [0.05, 0.1) is 6.61 Å². The molecule has 35 heavy (non-hydrogen) atoms. The fourth-order valence-corrected chi connectivity index (χ4v) is 3.86. The smallest absolute Gasteiger partial charge is 0.326 e. The molecule has 182 valence electrons. The van der Waals surface area contributed by atoms with Crippen molar-refractivity contribution in [2.45, 2.75) is 25.9 Å². The SMILES string of the molecule is Cc1c(C=Cc2cc(CNC(C)(CO)C(=O)O)ccc2F)cccc1-c1ccc2c(c1)OCCO2. The monoisotopic (exact) mass is 477 g/mol. The van der Waals surface area contributed by atoms with Gasteiger partial charge in [0.2, 0.25) is 0 Å². The molecule has 1 aliphatic heterocycles. The van der Waals surface area contributed by atoms with Crippen molar-refractivity contribution in [1.29, 1.82) is 0 Å². The van der Waals surface area contributed by atoms with E-state index in [2.05, 4.69) is 5.32 Å². The molecule has 7 heteroatoms. The fourth-order valence-electron chi connectivity index (χ4n) is 3.86. The van der Waals surface area contributed by atoms with Crippen LogP contribution in [0.4, 0.5) is 4.39 Å². The van der Waals surface area contributed by atoms with Crippen LogP contribution in [-0.4, -0.2) is 41.5 Å². The highest BCUT2D eigenvalue weighted by atomic mass is 19.1. The van der Waals surface area contributed by atoms with E-state index >= 15 is 0 Å². The highest BCUT2D eigenvalue weighted by Gasteiger charge is 2.31. The number of nitrogens with one attached hydrogen (secondary N) is 1. The molecule has 1 aliphatic rings. The van der Waals surface area contributed by atoms with Gasteiger partial charge in [-0.1, -0.05) is 42.5 Å². The number of carboxylic acids is 1. The average Bonchev–Trinajstić information content (AvgIpc) is 2.87. The van der Waals surface area contributed by atoms with Crippen molar-refractivity contribution in [2.75, 3.05) is 19.8 Å². The Kier molecular flexibility index (Phi) is 7.19. The van der Waals surface area contributed by atoms with Crippen molar-refractivity contribution in [2.24, 2.45) is 0 Å². The lowest BCUT2D eigenvalue weighted by Gasteiger charge is -2.23. The highest BCUT2D eigenvalue weighted by molar-refractivity contribution is 5.79. The summed E-state index contributed by atoms with van der Waals surface area (Å²) >= 11 is 0. The molecule has 3 N–H and O–H groups in total. The zero-order chi connectivity index (χ0) is 25.0. The molecule has 6 nitrogen and oxygen atoms in total. The van der Waals surface area contributed by atoms with E-state index in [1.165, 1.54) is 13.0 Å². The third-order valence-corrected chi connectivity index (χ3v) is 6.20. The number of carboxylic acid groups (broad SMARTS) is 1. The molecule has 0 bridgehead atoms. The molecule has 0 amide bonds. The first-order chi connectivity index (χ1) is 16.8. The summed E-state index contributed by atoms with van der Waals surface area (Å²) in [6.45, 7) is 4.09. The lowest BCUT2D eigenvalue weighted by molar-refractivity contribution is -0.145.